The van der Waals surface area contributed by atoms with Gasteiger partial charge in [0, 0.05) is 31.7 Å². The third-order valence-corrected chi connectivity index (χ3v) is 4.46. The third-order valence-electron chi connectivity index (χ3n) is 4.46. The second-order valence-corrected chi connectivity index (χ2v) is 8.01. The zero-order chi connectivity index (χ0) is 18.6. The summed E-state index contributed by atoms with van der Waals surface area (Å²) in [6.07, 6.45) is 1.25. The minimum atomic E-state index is -0.248. The van der Waals surface area contributed by atoms with Crippen LogP contribution in [0.4, 0.5) is 4.79 Å². The highest BCUT2D eigenvalue weighted by Crippen LogP contribution is 2.14. The molecule has 1 saturated heterocycles. The van der Waals surface area contributed by atoms with Gasteiger partial charge in [-0.1, -0.05) is 23.8 Å². The van der Waals surface area contributed by atoms with Gasteiger partial charge < -0.3 is 15.1 Å². The van der Waals surface area contributed by atoms with Crippen LogP contribution in [0.25, 0.3) is 0 Å². The Labute approximate surface area is 151 Å². The van der Waals surface area contributed by atoms with Crippen molar-refractivity contribution in [2.24, 2.45) is 0 Å². The van der Waals surface area contributed by atoms with E-state index in [0.29, 0.717) is 32.6 Å². The standard InChI is InChI=1S/C20H31N3O2/c1-15-7-8-17(16(2)13-15)14-18(24)22-9-6-10-23(12-11-22)19(25)21-20(3,4)5/h7-8,13H,6,9-12,14H2,1-5H3,(H,21,25). The van der Waals surface area contributed by atoms with Gasteiger partial charge in [0.15, 0.2) is 0 Å². The van der Waals surface area contributed by atoms with Gasteiger partial charge >= 0.3 is 6.03 Å². The van der Waals surface area contributed by atoms with E-state index in [2.05, 4.69) is 31.3 Å². The number of carbonyl (C=O) groups is 2. The van der Waals surface area contributed by atoms with Gasteiger partial charge in [-0.2, -0.15) is 0 Å². The summed E-state index contributed by atoms with van der Waals surface area (Å²) in [5, 5.41) is 3.00. The van der Waals surface area contributed by atoms with Gasteiger partial charge in [0.1, 0.15) is 0 Å². The van der Waals surface area contributed by atoms with Crippen molar-refractivity contribution in [2.75, 3.05) is 26.2 Å². The molecule has 0 aliphatic carbocycles. The van der Waals surface area contributed by atoms with Gasteiger partial charge in [0.2, 0.25) is 5.91 Å². The van der Waals surface area contributed by atoms with Crippen molar-refractivity contribution in [3.63, 3.8) is 0 Å². The average Bonchev–Trinajstić information content (AvgIpc) is 2.74. The maximum absolute atomic E-state index is 12.7. The maximum atomic E-state index is 12.7. The van der Waals surface area contributed by atoms with Crippen LogP contribution in [0.1, 0.15) is 43.9 Å². The van der Waals surface area contributed by atoms with Crippen LogP contribution in [0.2, 0.25) is 0 Å². The Morgan fingerprint density at radius 3 is 2.32 bits per heavy atom. The monoisotopic (exact) mass is 345 g/mol. The Kier molecular flexibility index (Phi) is 6.09. The number of amides is 3. The van der Waals surface area contributed by atoms with E-state index in [1.807, 2.05) is 36.6 Å². The van der Waals surface area contributed by atoms with Crippen LogP contribution < -0.4 is 5.32 Å². The summed E-state index contributed by atoms with van der Waals surface area (Å²) in [6.45, 7) is 12.6. The first-order chi connectivity index (χ1) is 11.7. The van der Waals surface area contributed by atoms with Gasteiger partial charge in [0.05, 0.1) is 6.42 Å². The van der Waals surface area contributed by atoms with Gasteiger partial charge in [-0.3, -0.25) is 4.79 Å². The Morgan fingerprint density at radius 1 is 1.04 bits per heavy atom. The lowest BCUT2D eigenvalue weighted by Crippen LogP contribution is -2.49. The summed E-state index contributed by atoms with van der Waals surface area (Å²) in [7, 11) is 0. The number of carbonyl (C=O) groups excluding carboxylic acids is 2. The summed E-state index contributed by atoms with van der Waals surface area (Å²) >= 11 is 0. The number of rotatable bonds is 2. The highest BCUT2D eigenvalue weighted by atomic mass is 16.2. The molecule has 1 heterocycles. The molecule has 1 fully saturated rings. The van der Waals surface area contributed by atoms with E-state index in [0.717, 1.165) is 17.5 Å². The van der Waals surface area contributed by atoms with Gasteiger partial charge in [0.25, 0.3) is 0 Å². The molecule has 5 heteroatoms. The molecule has 5 nitrogen and oxygen atoms in total. The molecule has 1 aliphatic heterocycles. The minimum absolute atomic E-state index is 0.0452. The Morgan fingerprint density at radius 2 is 1.68 bits per heavy atom. The average molecular weight is 345 g/mol. The first-order valence-corrected chi connectivity index (χ1v) is 9.07. The van der Waals surface area contributed by atoms with Gasteiger partial charge in [-0.25, -0.2) is 4.79 Å². The SMILES string of the molecule is Cc1ccc(CC(=O)N2CCCN(C(=O)NC(C)(C)C)CC2)c(C)c1. The zero-order valence-electron chi connectivity index (χ0n) is 16.2. The number of hydrogen-bond donors (Lipinski definition) is 1. The van der Waals surface area contributed by atoms with Crippen LogP contribution in [0, 0.1) is 13.8 Å². The van der Waals surface area contributed by atoms with E-state index >= 15 is 0 Å². The Balaban J connectivity index is 1.93. The van der Waals surface area contributed by atoms with Crippen LogP contribution in [0.5, 0.6) is 0 Å². The van der Waals surface area contributed by atoms with Crippen LogP contribution in [-0.4, -0.2) is 53.5 Å². The molecule has 2 rings (SSSR count). The van der Waals surface area contributed by atoms with E-state index in [1.54, 1.807) is 0 Å². The smallest absolute Gasteiger partial charge is 0.317 e. The van der Waals surface area contributed by atoms with Crippen molar-refractivity contribution in [3.05, 3.63) is 34.9 Å². The maximum Gasteiger partial charge on any atom is 0.317 e. The summed E-state index contributed by atoms with van der Waals surface area (Å²) in [5.41, 5.74) is 3.21. The van der Waals surface area contributed by atoms with Crippen LogP contribution in [0.15, 0.2) is 18.2 Å². The Hall–Kier alpha value is -2.04. The van der Waals surface area contributed by atoms with E-state index < -0.39 is 0 Å². The molecule has 0 bridgehead atoms. The highest BCUT2D eigenvalue weighted by Gasteiger charge is 2.24. The fourth-order valence-electron chi connectivity index (χ4n) is 3.09. The molecule has 138 valence electrons. The Bertz CT molecular complexity index is 634. The summed E-state index contributed by atoms with van der Waals surface area (Å²) in [6, 6.07) is 6.17. The van der Waals surface area contributed by atoms with E-state index in [4.69, 9.17) is 0 Å². The molecule has 1 aliphatic rings. The van der Waals surface area contributed by atoms with Gasteiger partial charge in [-0.05, 0) is 52.2 Å². The largest absolute Gasteiger partial charge is 0.341 e. The molecule has 0 radical (unpaired) electrons. The fourth-order valence-corrected chi connectivity index (χ4v) is 3.09. The van der Waals surface area contributed by atoms with Gasteiger partial charge in [-0.15, -0.1) is 0 Å². The minimum Gasteiger partial charge on any atom is -0.341 e. The van der Waals surface area contributed by atoms with Crippen molar-refractivity contribution < 1.29 is 9.59 Å². The summed E-state index contributed by atoms with van der Waals surface area (Å²) in [4.78, 5) is 28.7. The van der Waals surface area contributed by atoms with Crippen molar-refractivity contribution in [2.45, 2.75) is 53.0 Å². The summed E-state index contributed by atoms with van der Waals surface area (Å²) in [5.74, 6) is 0.144. The molecule has 3 amide bonds. The zero-order valence-corrected chi connectivity index (χ0v) is 16.2. The molecular formula is C20H31N3O2. The number of nitrogens with one attached hydrogen (secondary N) is 1. The van der Waals surface area contributed by atoms with E-state index in [1.165, 1.54) is 5.56 Å². The van der Waals surface area contributed by atoms with Crippen molar-refractivity contribution in [1.29, 1.82) is 0 Å². The third kappa shape index (κ3) is 5.76. The van der Waals surface area contributed by atoms with Crippen LogP contribution in [-0.2, 0) is 11.2 Å². The molecular weight excluding hydrogens is 314 g/mol. The number of hydrogen-bond acceptors (Lipinski definition) is 2. The van der Waals surface area contributed by atoms with Crippen LogP contribution >= 0.6 is 0 Å². The number of urea groups is 1. The van der Waals surface area contributed by atoms with E-state index in [-0.39, 0.29) is 17.5 Å². The molecule has 0 spiro atoms. The highest BCUT2D eigenvalue weighted by molar-refractivity contribution is 5.79. The van der Waals surface area contributed by atoms with E-state index in [9.17, 15) is 9.59 Å². The lowest BCUT2D eigenvalue weighted by Gasteiger charge is -2.27. The molecule has 1 aromatic carbocycles. The second-order valence-electron chi connectivity index (χ2n) is 8.01. The molecule has 0 unspecified atom stereocenters. The molecule has 1 aromatic rings. The van der Waals surface area contributed by atoms with Crippen molar-refractivity contribution in [3.8, 4) is 0 Å². The lowest BCUT2D eigenvalue weighted by atomic mass is 10.0. The first kappa shape index (κ1) is 19.3. The van der Waals surface area contributed by atoms with Crippen molar-refractivity contribution in [1.82, 2.24) is 15.1 Å². The molecule has 0 atom stereocenters. The molecule has 25 heavy (non-hydrogen) atoms. The fraction of sp³-hybridized carbons (Fsp3) is 0.600. The molecule has 0 aromatic heterocycles. The molecule has 0 saturated carbocycles. The predicted octanol–water partition coefficient (Wildman–Crippen LogP) is 2.89. The first-order valence-electron chi connectivity index (χ1n) is 9.07. The lowest BCUT2D eigenvalue weighted by molar-refractivity contribution is -0.130. The summed E-state index contributed by atoms with van der Waals surface area (Å²) < 4.78 is 0. The second kappa shape index (κ2) is 7.89. The molecule has 1 N–H and O–H groups in total. The topological polar surface area (TPSA) is 52.7 Å². The number of aryl methyl sites for hydroxylation is 2. The normalized spacial score (nSPS) is 15.7. The number of benzene rings is 1. The van der Waals surface area contributed by atoms with Crippen molar-refractivity contribution >= 4 is 11.9 Å². The predicted molar refractivity (Wildman–Crippen MR) is 101 cm³/mol. The van der Waals surface area contributed by atoms with Crippen LogP contribution in [0.3, 0.4) is 0 Å². The number of nitrogens with zero attached hydrogens (tertiary/aromatic N) is 2. The quantitative estimate of drug-likeness (QED) is 0.896.